The molecule has 3 rings (SSSR count). The molecule has 0 unspecified atom stereocenters. The molecule has 6 amide bonds. The molecule has 1 saturated heterocycles. The van der Waals surface area contributed by atoms with E-state index in [-0.39, 0.29) is 50.4 Å². The smallest absolute Gasteiger partial charge is 0.325 e. The number of phenols is 1. The second-order valence-corrected chi connectivity index (χ2v) is 13.2. The molecule has 0 spiro atoms. The fraction of sp³-hybridized carbons (Fsp3) is 0.529. The van der Waals surface area contributed by atoms with E-state index in [9.17, 15) is 43.8 Å². The lowest BCUT2D eigenvalue weighted by molar-refractivity contribution is -0.143. The van der Waals surface area contributed by atoms with Crippen molar-refractivity contribution in [2.24, 2.45) is 11.7 Å². The van der Waals surface area contributed by atoms with Crippen LogP contribution in [0.2, 0.25) is 0 Å². The molecule has 0 radical (unpaired) electrons. The molecule has 284 valence electrons. The first-order valence-corrected chi connectivity index (χ1v) is 17.1. The Morgan fingerprint density at radius 2 is 1.50 bits per heavy atom. The number of imidazole rings is 1. The lowest BCUT2D eigenvalue weighted by atomic mass is 10.0. The molecular weight excluding hydrogens is 678 g/mol. The van der Waals surface area contributed by atoms with Crippen molar-refractivity contribution in [3.63, 3.8) is 0 Å². The number of nitrogens with one attached hydrogen (secondary N) is 6. The Hall–Kier alpha value is -5.52. The van der Waals surface area contributed by atoms with E-state index in [1.54, 1.807) is 12.1 Å². The SMILES string of the molecule is CC(C)C[C@H](NC(=O)[C@H](C)NC(=O)[C@H](Cc1ccc(O)cc1)NC(=O)CN)C(=O)N1CCC[C@H]1C(=O)N[C@@H](Cc1cnc[nH]1)C(=O)N[C@@H](C)C(=O)O. The number of nitrogens with two attached hydrogens (primary N) is 1. The molecule has 10 N–H and O–H groups in total. The Morgan fingerprint density at radius 1 is 0.865 bits per heavy atom. The first-order chi connectivity index (χ1) is 24.6. The van der Waals surface area contributed by atoms with Crippen LogP contribution in [0.15, 0.2) is 36.8 Å². The van der Waals surface area contributed by atoms with Crippen molar-refractivity contribution in [3.05, 3.63) is 48.0 Å². The van der Waals surface area contributed by atoms with Crippen LogP contribution in [0.4, 0.5) is 0 Å². The number of aliphatic carboxylic acids is 1. The number of aromatic nitrogens is 2. The summed E-state index contributed by atoms with van der Waals surface area (Å²) >= 11 is 0. The molecule has 18 nitrogen and oxygen atoms in total. The van der Waals surface area contributed by atoms with Crippen molar-refractivity contribution < 1.29 is 43.8 Å². The Kier molecular flexibility index (Phi) is 15.1. The monoisotopic (exact) mass is 727 g/mol. The first kappa shape index (κ1) is 40.9. The van der Waals surface area contributed by atoms with Gasteiger partial charge in [0.2, 0.25) is 35.4 Å². The largest absolute Gasteiger partial charge is 0.508 e. The molecule has 1 aliphatic rings. The number of hydrogen-bond donors (Lipinski definition) is 9. The highest BCUT2D eigenvalue weighted by Crippen LogP contribution is 2.21. The molecule has 18 heteroatoms. The second kappa shape index (κ2) is 19.2. The normalized spacial score (nSPS) is 16.9. The number of rotatable bonds is 18. The van der Waals surface area contributed by atoms with Crippen LogP contribution in [-0.4, -0.2) is 116 Å². The van der Waals surface area contributed by atoms with Crippen molar-refractivity contribution >= 4 is 41.4 Å². The molecule has 2 heterocycles. The number of hydrogen-bond acceptors (Lipinski definition) is 10. The zero-order valence-electron chi connectivity index (χ0n) is 29.7. The van der Waals surface area contributed by atoms with Crippen molar-refractivity contribution in [2.45, 2.75) is 96.1 Å². The summed E-state index contributed by atoms with van der Waals surface area (Å²) in [6, 6.07) is -0.641. The molecule has 1 aromatic heterocycles. The number of aromatic amines is 1. The lowest BCUT2D eigenvalue weighted by Crippen LogP contribution is -2.59. The number of carbonyl (C=O) groups excluding carboxylic acids is 6. The van der Waals surface area contributed by atoms with Gasteiger partial charge in [0.25, 0.3) is 0 Å². The molecule has 1 aromatic carbocycles. The van der Waals surface area contributed by atoms with Gasteiger partial charge in [-0.2, -0.15) is 0 Å². The van der Waals surface area contributed by atoms with Crippen molar-refractivity contribution in [2.75, 3.05) is 13.1 Å². The number of amides is 6. The molecule has 0 bridgehead atoms. The van der Waals surface area contributed by atoms with Crippen molar-refractivity contribution in [1.29, 1.82) is 0 Å². The summed E-state index contributed by atoms with van der Waals surface area (Å²) in [5, 5.41) is 31.7. The summed E-state index contributed by atoms with van der Waals surface area (Å²) in [6.45, 7) is 6.27. The standard InChI is InChI=1S/C34H49N9O9/c1-18(2)12-26(42-29(46)19(3)38-30(47)24(40-28(45)15-35)13-21-7-9-23(44)10-8-21)33(50)43-11-5-6-27(43)32(49)41-25(14-22-16-36-17-37-22)31(48)39-20(4)34(51)52/h7-10,16-20,24-27,44H,5-6,11-15,35H2,1-4H3,(H,36,37)(H,38,47)(H,39,48)(H,40,45)(H,41,49)(H,42,46)(H,51,52)/t19-,20-,24-,25-,26-,27-/m0/s1. The summed E-state index contributed by atoms with van der Waals surface area (Å²) in [5.41, 5.74) is 6.57. The average Bonchev–Trinajstić information content (AvgIpc) is 3.80. The Balaban J connectivity index is 1.72. The van der Waals surface area contributed by atoms with Gasteiger partial charge in [-0.3, -0.25) is 33.6 Å². The maximum Gasteiger partial charge on any atom is 0.325 e. The van der Waals surface area contributed by atoms with E-state index in [1.165, 1.54) is 43.4 Å². The maximum absolute atomic E-state index is 14.0. The number of H-pyrrole nitrogens is 1. The number of carboxylic acid groups (broad SMARTS) is 1. The van der Waals surface area contributed by atoms with Crippen LogP contribution in [-0.2, 0) is 46.4 Å². The molecule has 52 heavy (non-hydrogen) atoms. The third-order valence-electron chi connectivity index (χ3n) is 8.47. The van der Waals surface area contributed by atoms with Crippen LogP contribution >= 0.6 is 0 Å². The lowest BCUT2D eigenvalue weighted by Gasteiger charge is -2.31. The van der Waals surface area contributed by atoms with Gasteiger partial charge in [-0.05, 0) is 56.7 Å². The highest BCUT2D eigenvalue weighted by molar-refractivity contribution is 5.97. The third kappa shape index (κ3) is 12.1. The number of carbonyl (C=O) groups is 7. The van der Waals surface area contributed by atoms with Crippen LogP contribution in [0, 0.1) is 5.92 Å². The number of aromatic hydroxyl groups is 1. The molecule has 1 aliphatic heterocycles. The van der Waals surface area contributed by atoms with Gasteiger partial charge in [0.05, 0.1) is 12.9 Å². The van der Waals surface area contributed by atoms with E-state index in [0.29, 0.717) is 17.7 Å². The van der Waals surface area contributed by atoms with Crippen LogP contribution < -0.4 is 32.3 Å². The quantitative estimate of drug-likeness (QED) is 0.0847. The summed E-state index contributed by atoms with van der Waals surface area (Å²) in [6.07, 6.45) is 3.86. The summed E-state index contributed by atoms with van der Waals surface area (Å²) in [7, 11) is 0. The summed E-state index contributed by atoms with van der Waals surface area (Å²) in [4.78, 5) is 98.9. The molecule has 6 atom stereocenters. The van der Waals surface area contributed by atoms with E-state index >= 15 is 0 Å². The second-order valence-electron chi connectivity index (χ2n) is 13.2. The maximum atomic E-state index is 14.0. The van der Waals surface area contributed by atoms with Crippen molar-refractivity contribution in [1.82, 2.24) is 41.5 Å². The molecule has 2 aromatic rings. The van der Waals surface area contributed by atoms with Gasteiger partial charge in [0, 0.05) is 31.3 Å². The predicted octanol–water partition coefficient (Wildman–Crippen LogP) is -1.56. The minimum Gasteiger partial charge on any atom is -0.508 e. The van der Waals surface area contributed by atoms with Gasteiger partial charge in [0.1, 0.15) is 42.0 Å². The zero-order valence-corrected chi connectivity index (χ0v) is 29.7. The highest BCUT2D eigenvalue weighted by atomic mass is 16.4. The van der Waals surface area contributed by atoms with Gasteiger partial charge in [-0.25, -0.2) is 4.98 Å². The molecule has 1 fully saturated rings. The number of benzene rings is 1. The van der Waals surface area contributed by atoms with Gasteiger partial charge in [-0.15, -0.1) is 0 Å². The average molecular weight is 728 g/mol. The van der Waals surface area contributed by atoms with E-state index in [2.05, 4.69) is 36.6 Å². The third-order valence-corrected chi connectivity index (χ3v) is 8.47. The number of phenolic OH excluding ortho intramolecular Hbond substituents is 1. The van der Waals surface area contributed by atoms with Gasteiger partial charge in [-0.1, -0.05) is 26.0 Å². The Morgan fingerprint density at radius 3 is 2.08 bits per heavy atom. The number of nitrogens with zero attached hydrogens (tertiary/aromatic N) is 2. The minimum absolute atomic E-state index is 0.0219. The van der Waals surface area contributed by atoms with Gasteiger partial charge < -0.3 is 52.4 Å². The Bertz CT molecular complexity index is 1570. The zero-order chi connectivity index (χ0) is 38.5. The number of likely N-dealkylation sites (tertiary alicyclic amines) is 1. The Labute approximate surface area is 301 Å². The molecule has 0 saturated carbocycles. The van der Waals surface area contributed by atoms with Gasteiger partial charge in [0.15, 0.2) is 0 Å². The fourth-order valence-corrected chi connectivity index (χ4v) is 5.67. The van der Waals surface area contributed by atoms with E-state index < -0.39 is 77.7 Å². The van der Waals surface area contributed by atoms with Crippen LogP contribution in [0.3, 0.4) is 0 Å². The van der Waals surface area contributed by atoms with Crippen LogP contribution in [0.1, 0.15) is 58.2 Å². The van der Waals surface area contributed by atoms with Crippen molar-refractivity contribution in [3.8, 4) is 5.75 Å². The minimum atomic E-state index is -1.26. The summed E-state index contributed by atoms with van der Waals surface area (Å²) < 4.78 is 0. The topological polar surface area (TPSA) is 278 Å². The molecule has 0 aliphatic carbocycles. The first-order valence-electron chi connectivity index (χ1n) is 17.1. The van der Waals surface area contributed by atoms with E-state index in [4.69, 9.17) is 5.73 Å². The van der Waals surface area contributed by atoms with Gasteiger partial charge >= 0.3 is 5.97 Å². The van der Waals surface area contributed by atoms with E-state index in [1.807, 2.05) is 13.8 Å². The fourth-order valence-electron chi connectivity index (χ4n) is 5.67. The van der Waals surface area contributed by atoms with Crippen LogP contribution in [0.25, 0.3) is 0 Å². The van der Waals surface area contributed by atoms with Crippen LogP contribution in [0.5, 0.6) is 5.75 Å². The summed E-state index contributed by atoms with van der Waals surface area (Å²) in [5.74, 6) is -5.11. The molecular formula is C34H49N9O9. The van der Waals surface area contributed by atoms with E-state index in [0.717, 1.165) is 0 Å². The number of carboxylic acids is 1. The highest BCUT2D eigenvalue weighted by Gasteiger charge is 2.40. The predicted molar refractivity (Wildman–Crippen MR) is 186 cm³/mol.